The molecular formula is C13H23NO4. The molecule has 1 aliphatic rings. The van der Waals surface area contributed by atoms with Crippen molar-refractivity contribution in [3.63, 3.8) is 0 Å². The quantitative estimate of drug-likeness (QED) is 0.783. The molecule has 0 aromatic rings. The van der Waals surface area contributed by atoms with Crippen LogP contribution in [0.4, 0.5) is 4.79 Å². The Bertz CT molecular complexity index is 277. The van der Waals surface area contributed by atoms with Crippen LogP contribution < -0.4 is 5.32 Å². The average Bonchev–Trinajstić information content (AvgIpc) is 2.25. The molecule has 0 aromatic carbocycles. The van der Waals surface area contributed by atoms with Gasteiger partial charge in [-0.2, -0.15) is 0 Å². The normalized spacial score (nSPS) is 24.4. The summed E-state index contributed by atoms with van der Waals surface area (Å²) in [5.41, 5.74) is -0.464. The van der Waals surface area contributed by atoms with Crippen LogP contribution in [0.1, 0.15) is 46.5 Å². The van der Waals surface area contributed by atoms with Crippen molar-refractivity contribution in [3.8, 4) is 0 Å². The van der Waals surface area contributed by atoms with Gasteiger partial charge in [-0.05, 0) is 46.5 Å². The lowest BCUT2D eigenvalue weighted by atomic mass is 9.93. The topological polar surface area (TPSA) is 64.6 Å². The number of nitrogens with one attached hydrogen (secondary N) is 1. The summed E-state index contributed by atoms with van der Waals surface area (Å²) in [6.07, 6.45) is 4.02. The van der Waals surface area contributed by atoms with Gasteiger partial charge in [-0.1, -0.05) is 0 Å². The van der Waals surface area contributed by atoms with Gasteiger partial charge < -0.3 is 19.6 Å². The van der Waals surface area contributed by atoms with Crippen LogP contribution in [0.15, 0.2) is 0 Å². The Morgan fingerprint density at radius 2 is 1.89 bits per heavy atom. The zero-order valence-electron chi connectivity index (χ0n) is 11.4. The average molecular weight is 257 g/mol. The molecule has 18 heavy (non-hydrogen) atoms. The highest BCUT2D eigenvalue weighted by molar-refractivity contribution is 5.68. The fraction of sp³-hybridized carbons (Fsp3) is 0.846. The fourth-order valence-corrected chi connectivity index (χ4v) is 2.02. The predicted octanol–water partition coefficient (Wildman–Crippen LogP) is 2.04. The van der Waals surface area contributed by atoms with E-state index in [9.17, 15) is 9.59 Å². The smallest absolute Gasteiger partial charge is 0.407 e. The Morgan fingerprint density at radius 1 is 1.28 bits per heavy atom. The number of rotatable bonds is 4. The SMILES string of the molecule is CC(C)(C)OC(=O)N[C@H]1CC[C@H](OCC=O)CC1. The van der Waals surface area contributed by atoms with Crippen molar-refractivity contribution in [1.82, 2.24) is 5.32 Å². The maximum absolute atomic E-state index is 11.6. The number of ether oxygens (including phenoxy) is 2. The van der Waals surface area contributed by atoms with E-state index in [0.717, 1.165) is 32.0 Å². The van der Waals surface area contributed by atoms with Gasteiger partial charge in [0.05, 0.1) is 6.10 Å². The number of alkyl carbamates (subject to hydrolysis) is 1. The third-order valence-corrected chi connectivity index (χ3v) is 2.80. The maximum atomic E-state index is 11.6. The predicted molar refractivity (Wildman–Crippen MR) is 67.4 cm³/mol. The van der Waals surface area contributed by atoms with E-state index in [0.29, 0.717) is 0 Å². The lowest BCUT2D eigenvalue weighted by molar-refractivity contribution is -0.114. The highest BCUT2D eigenvalue weighted by atomic mass is 16.6. The Morgan fingerprint density at radius 3 is 2.39 bits per heavy atom. The fourth-order valence-electron chi connectivity index (χ4n) is 2.02. The van der Waals surface area contributed by atoms with E-state index < -0.39 is 5.60 Å². The Hall–Kier alpha value is -1.10. The van der Waals surface area contributed by atoms with Crippen molar-refractivity contribution in [2.75, 3.05) is 6.61 Å². The molecule has 0 saturated heterocycles. The zero-order valence-corrected chi connectivity index (χ0v) is 11.4. The van der Waals surface area contributed by atoms with Gasteiger partial charge in [0.2, 0.25) is 0 Å². The van der Waals surface area contributed by atoms with Gasteiger partial charge in [-0.15, -0.1) is 0 Å². The lowest BCUT2D eigenvalue weighted by Gasteiger charge is -2.29. The molecule has 1 amide bonds. The first-order valence-corrected chi connectivity index (χ1v) is 6.45. The van der Waals surface area contributed by atoms with Crippen LogP contribution >= 0.6 is 0 Å². The summed E-state index contributed by atoms with van der Waals surface area (Å²) < 4.78 is 10.6. The molecule has 0 atom stereocenters. The molecule has 0 spiro atoms. The number of carbonyl (C=O) groups is 2. The summed E-state index contributed by atoms with van der Waals surface area (Å²) >= 11 is 0. The van der Waals surface area contributed by atoms with Crippen LogP contribution in [0, 0.1) is 0 Å². The summed E-state index contributed by atoms with van der Waals surface area (Å²) in [5, 5.41) is 2.87. The molecule has 5 heteroatoms. The van der Waals surface area contributed by atoms with Crippen LogP contribution in [-0.4, -0.2) is 36.7 Å². The molecule has 0 heterocycles. The first-order chi connectivity index (χ1) is 8.40. The summed E-state index contributed by atoms with van der Waals surface area (Å²) in [7, 11) is 0. The second kappa shape index (κ2) is 6.73. The van der Waals surface area contributed by atoms with E-state index in [1.54, 1.807) is 0 Å². The maximum Gasteiger partial charge on any atom is 0.407 e. The number of amides is 1. The highest BCUT2D eigenvalue weighted by Gasteiger charge is 2.24. The van der Waals surface area contributed by atoms with E-state index in [1.165, 1.54) is 0 Å². The van der Waals surface area contributed by atoms with Gasteiger partial charge in [-0.3, -0.25) is 0 Å². The monoisotopic (exact) mass is 257 g/mol. The van der Waals surface area contributed by atoms with Gasteiger partial charge in [0.25, 0.3) is 0 Å². The molecule has 5 nitrogen and oxygen atoms in total. The van der Waals surface area contributed by atoms with E-state index in [-0.39, 0.29) is 24.8 Å². The zero-order chi connectivity index (χ0) is 13.6. The molecule has 0 bridgehead atoms. The van der Waals surface area contributed by atoms with Gasteiger partial charge in [0, 0.05) is 6.04 Å². The molecule has 0 radical (unpaired) electrons. The van der Waals surface area contributed by atoms with Crippen LogP contribution in [0.2, 0.25) is 0 Å². The molecule has 1 aliphatic carbocycles. The van der Waals surface area contributed by atoms with Crippen LogP contribution in [-0.2, 0) is 14.3 Å². The highest BCUT2D eigenvalue weighted by Crippen LogP contribution is 2.21. The number of hydrogen-bond donors (Lipinski definition) is 1. The largest absolute Gasteiger partial charge is 0.444 e. The second-order valence-electron chi connectivity index (χ2n) is 5.62. The van der Waals surface area contributed by atoms with E-state index >= 15 is 0 Å². The first-order valence-electron chi connectivity index (χ1n) is 6.45. The van der Waals surface area contributed by atoms with Crippen LogP contribution in [0.3, 0.4) is 0 Å². The second-order valence-corrected chi connectivity index (χ2v) is 5.62. The minimum atomic E-state index is -0.464. The van der Waals surface area contributed by atoms with Crippen LogP contribution in [0.25, 0.3) is 0 Å². The third-order valence-electron chi connectivity index (χ3n) is 2.80. The van der Waals surface area contributed by atoms with E-state index in [4.69, 9.17) is 9.47 Å². The molecule has 0 unspecified atom stereocenters. The van der Waals surface area contributed by atoms with Gasteiger partial charge >= 0.3 is 6.09 Å². The Balaban J connectivity index is 2.23. The summed E-state index contributed by atoms with van der Waals surface area (Å²) in [6, 6.07) is 0.149. The number of hydrogen-bond acceptors (Lipinski definition) is 4. The van der Waals surface area contributed by atoms with Crippen LogP contribution in [0.5, 0.6) is 0 Å². The van der Waals surface area contributed by atoms with Gasteiger partial charge in [0.1, 0.15) is 18.5 Å². The summed E-state index contributed by atoms with van der Waals surface area (Å²) in [6.45, 7) is 5.69. The first kappa shape index (κ1) is 15.0. The van der Waals surface area contributed by atoms with Crippen molar-refractivity contribution >= 4 is 12.4 Å². The molecule has 0 aromatic heterocycles. The standard InChI is InChI=1S/C13H23NO4/c1-13(2,3)18-12(16)14-10-4-6-11(7-5-10)17-9-8-15/h8,10-11H,4-7,9H2,1-3H3,(H,14,16)/t10-,11-. The molecule has 1 fully saturated rings. The van der Waals surface area contributed by atoms with Crippen molar-refractivity contribution in [1.29, 1.82) is 0 Å². The third kappa shape index (κ3) is 6.00. The van der Waals surface area contributed by atoms with Crippen molar-refractivity contribution in [3.05, 3.63) is 0 Å². The van der Waals surface area contributed by atoms with Gasteiger partial charge in [-0.25, -0.2) is 4.79 Å². The van der Waals surface area contributed by atoms with E-state index in [1.807, 2.05) is 20.8 Å². The van der Waals surface area contributed by atoms with Gasteiger partial charge in [0.15, 0.2) is 0 Å². The summed E-state index contributed by atoms with van der Waals surface area (Å²) in [4.78, 5) is 21.8. The Kier molecular flexibility index (Phi) is 5.59. The van der Waals surface area contributed by atoms with Crippen molar-refractivity contribution in [2.45, 2.75) is 64.2 Å². The minimum absolute atomic E-state index is 0.145. The summed E-state index contributed by atoms with van der Waals surface area (Å²) in [5.74, 6) is 0. The van der Waals surface area contributed by atoms with E-state index in [2.05, 4.69) is 5.32 Å². The number of aldehydes is 1. The molecule has 0 aliphatic heterocycles. The minimum Gasteiger partial charge on any atom is -0.444 e. The molecule has 1 rings (SSSR count). The Labute approximate surface area is 108 Å². The molecular weight excluding hydrogens is 234 g/mol. The number of carbonyl (C=O) groups excluding carboxylic acids is 2. The lowest BCUT2D eigenvalue weighted by Crippen LogP contribution is -2.41. The molecule has 104 valence electrons. The van der Waals surface area contributed by atoms with Crippen molar-refractivity contribution < 1.29 is 19.1 Å². The molecule has 1 N–H and O–H groups in total. The van der Waals surface area contributed by atoms with Crippen molar-refractivity contribution in [2.24, 2.45) is 0 Å². The molecule has 1 saturated carbocycles.